The summed E-state index contributed by atoms with van der Waals surface area (Å²) in [4.78, 5) is 2.15. The molecular weight excluding hydrogens is 252 g/mol. The highest BCUT2D eigenvalue weighted by molar-refractivity contribution is 7.98. The predicted molar refractivity (Wildman–Crippen MR) is 77.0 cm³/mol. The Bertz CT molecular complexity index is 414. The van der Waals surface area contributed by atoms with Crippen LogP contribution in [0.25, 0.3) is 0 Å². The lowest BCUT2D eigenvalue weighted by molar-refractivity contribution is 0.673. The number of nitrogens with zero attached hydrogens (tertiary/aromatic N) is 2. The van der Waals surface area contributed by atoms with Gasteiger partial charge in [-0.1, -0.05) is 18.5 Å². The van der Waals surface area contributed by atoms with Crippen LogP contribution in [0.3, 0.4) is 0 Å². The van der Waals surface area contributed by atoms with Crippen molar-refractivity contribution in [3.05, 3.63) is 28.8 Å². The summed E-state index contributed by atoms with van der Waals surface area (Å²) in [6.07, 6.45) is 3.15. The summed E-state index contributed by atoms with van der Waals surface area (Å²) in [6.45, 7) is 2.16. The maximum atomic E-state index is 9.12. The van der Waals surface area contributed by atoms with E-state index in [9.17, 15) is 0 Å². The Morgan fingerprint density at radius 2 is 2.24 bits per heavy atom. The Morgan fingerprint density at radius 3 is 2.76 bits per heavy atom. The maximum absolute atomic E-state index is 9.12. The molecule has 1 atom stereocenters. The average molecular weight is 269 g/mol. The van der Waals surface area contributed by atoms with E-state index in [0.29, 0.717) is 16.6 Å². The van der Waals surface area contributed by atoms with Gasteiger partial charge in [-0.3, -0.25) is 0 Å². The molecule has 2 nitrogen and oxygen atoms in total. The van der Waals surface area contributed by atoms with Crippen molar-refractivity contribution in [3.8, 4) is 6.07 Å². The van der Waals surface area contributed by atoms with Crippen molar-refractivity contribution in [1.29, 1.82) is 5.26 Å². The zero-order valence-electron chi connectivity index (χ0n) is 10.4. The van der Waals surface area contributed by atoms with E-state index >= 15 is 0 Å². The van der Waals surface area contributed by atoms with E-state index in [2.05, 4.69) is 24.1 Å². The zero-order valence-corrected chi connectivity index (χ0v) is 12.0. The molecule has 0 aliphatic heterocycles. The third-order valence-corrected chi connectivity index (χ3v) is 3.79. The Morgan fingerprint density at radius 1 is 1.53 bits per heavy atom. The lowest BCUT2D eigenvalue weighted by atomic mass is 10.1. The van der Waals surface area contributed by atoms with Gasteiger partial charge in [0.25, 0.3) is 0 Å². The fourth-order valence-corrected chi connectivity index (χ4v) is 2.79. The minimum absolute atomic E-state index is 0.426. The van der Waals surface area contributed by atoms with E-state index in [4.69, 9.17) is 16.9 Å². The first-order valence-corrected chi connectivity index (χ1v) is 7.32. The number of rotatable bonds is 5. The van der Waals surface area contributed by atoms with E-state index < -0.39 is 0 Å². The van der Waals surface area contributed by atoms with Crippen LogP contribution in [0.5, 0.6) is 0 Å². The first-order chi connectivity index (χ1) is 8.13. The molecule has 0 saturated heterocycles. The fraction of sp³-hybridized carbons (Fsp3) is 0.462. The standard InChI is InChI=1S/C13H17ClN2S/c1-4-12(9-17-3)16(2)13-7-11(14)6-5-10(13)8-15/h5-7,12H,4,9H2,1-3H3. The normalized spacial score (nSPS) is 11.9. The molecule has 92 valence electrons. The third kappa shape index (κ3) is 3.55. The lowest BCUT2D eigenvalue weighted by Gasteiger charge is -2.29. The van der Waals surface area contributed by atoms with Gasteiger partial charge in [-0.05, 0) is 30.9 Å². The molecule has 0 N–H and O–H groups in total. The fourth-order valence-electron chi connectivity index (χ4n) is 1.78. The minimum atomic E-state index is 0.426. The van der Waals surface area contributed by atoms with Gasteiger partial charge < -0.3 is 4.90 Å². The maximum Gasteiger partial charge on any atom is 0.101 e. The van der Waals surface area contributed by atoms with Gasteiger partial charge >= 0.3 is 0 Å². The summed E-state index contributed by atoms with van der Waals surface area (Å²) in [5.74, 6) is 1.05. The van der Waals surface area contributed by atoms with Gasteiger partial charge in [0.1, 0.15) is 6.07 Å². The van der Waals surface area contributed by atoms with Gasteiger partial charge in [0.2, 0.25) is 0 Å². The molecule has 1 aromatic carbocycles. The van der Waals surface area contributed by atoms with E-state index in [1.54, 1.807) is 12.1 Å². The Kier molecular flexibility index (Phi) is 5.67. The van der Waals surface area contributed by atoms with Crippen molar-refractivity contribution in [2.75, 3.05) is 24.0 Å². The summed E-state index contributed by atoms with van der Waals surface area (Å²) in [5.41, 5.74) is 1.59. The van der Waals surface area contributed by atoms with Gasteiger partial charge in [-0.2, -0.15) is 17.0 Å². The number of hydrogen-bond acceptors (Lipinski definition) is 3. The van der Waals surface area contributed by atoms with Crippen LogP contribution in [-0.4, -0.2) is 25.1 Å². The van der Waals surface area contributed by atoms with Crippen molar-refractivity contribution in [1.82, 2.24) is 0 Å². The lowest BCUT2D eigenvalue weighted by Crippen LogP contribution is -2.33. The molecule has 0 bridgehead atoms. The first-order valence-electron chi connectivity index (χ1n) is 5.55. The Hall–Kier alpha value is -0.850. The summed E-state index contributed by atoms with van der Waals surface area (Å²) in [5, 5.41) is 9.79. The van der Waals surface area contributed by atoms with Crippen molar-refractivity contribution in [3.63, 3.8) is 0 Å². The summed E-state index contributed by atoms with van der Waals surface area (Å²) < 4.78 is 0. The van der Waals surface area contributed by atoms with E-state index in [1.165, 1.54) is 0 Å². The van der Waals surface area contributed by atoms with Crippen LogP contribution >= 0.6 is 23.4 Å². The highest BCUT2D eigenvalue weighted by Gasteiger charge is 2.16. The van der Waals surface area contributed by atoms with E-state index in [1.807, 2.05) is 24.9 Å². The molecule has 0 saturated carbocycles. The second kappa shape index (κ2) is 6.78. The Balaban J connectivity index is 3.05. The highest BCUT2D eigenvalue weighted by Crippen LogP contribution is 2.26. The van der Waals surface area contributed by atoms with E-state index in [0.717, 1.165) is 17.9 Å². The molecule has 0 aliphatic carbocycles. The van der Waals surface area contributed by atoms with Gasteiger partial charge in [-0.15, -0.1) is 0 Å². The molecule has 0 radical (unpaired) electrons. The summed E-state index contributed by atoms with van der Waals surface area (Å²) in [6, 6.07) is 8.04. The average Bonchev–Trinajstić information content (AvgIpc) is 2.35. The van der Waals surface area contributed by atoms with Crippen LogP contribution in [0.2, 0.25) is 5.02 Å². The number of anilines is 1. The molecule has 0 aromatic heterocycles. The minimum Gasteiger partial charge on any atom is -0.370 e. The van der Waals surface area contributed by atoms with Crippen molar-refractivity contribution in [2.24, 2.45) is 0 Å². The third-order valence-electron chi connectivity index (χ3n) is 2.84. The SMILES string of the molecule is CCC(CSC)N(C)c1cc(Cl)ccc1C#N. The molecule has 0 aliphatic rings. The molecule has 17 heavy (non-hydrogen) atoms. The number of thioether (sulfide) groups is 1. The van der Waals surface area contributed by atoms with Gasteiger partial charge in [0.15, 0.2) is 0 Å². The second-order valence-electron chi connectivity index (χ2n) is 3.90. The molecule has 0 spiro atoms. The van der Waals surface area contributed by atoms with Crippen LogP contribution in [0.4, 0.5) is 5.69 Å². The Labute approximate surface area is 113 Å². The number of benzene rings is 1. The molecule has 1 aromatic rings. The van der Waals surface area contributed by atoms with Crippen LogP contribution in [0, 0.1) is 11.3 Å². The van der Waals surface area contributed by atoms with Crippen molar-refractivity contribution >= 4 is 29.1 Å². The molecule has 1 unspecified atom stereocenters. The molecule has 0 amide bonds. The predicted octanol–water partition coefficient (Wildman–Crippen LogP) is 3.79. The topological polar surface area (TPSA) is 27.0 Å². The van der Waals surface area contributed by atoms with Crippen molar-refractivity contribution < 1.29 is 0 Å². The van der Waals surface area contributed by atoms with Crippen LogP contribution in [0.15, 0.2) is 18.2 Å². The van der Waals surface area contributed by atoms with Gasteiger partial charge in [0, 0.05) is 23.9 Å². The second-order valence-corrected chi connectivity index (χ2v) is 5.25. The highest BCUT2D eigenvalue weighted by atomic mass is 35.5. The first kappa shape index (κ1) is 14.2. The van der Waals surface area contributed by atoms with Crippen LogP contribution in [0.1, 0.15) is 18.9 Å². The summed E-state index contributed by atoms with van der Waals surface area (Å²) >= 11 is 7.82. The van der Waals surface area contributed by atoms with E-state index in [-0.39, 0.29) is 0 Å². The van der Waals surface area contributed by atoms with Gasteiger partial charge in [-0.25, -0.2) is 0 Å². The van der Waals surface area contributed by atoms with Gasteiger partial charge in [0.05, 0.1) is 11.3 Å². The molecule has 1 rings (SSSR count). The molecular formula is C13H17ClN2S. The van der Waals surface area contributed by atoms with Crippen molar-refractivity contribution in [2.45, 2.75) is 19.4 Å². The number of hydrogen-bond donors (Lipinski definition) is 0. The van der Waals surface area contributed by atoms with Crippen LogP contribution < -0.4 is 4.90 Å². The molecule has 0 fully saturated rings. The smallest absolute Gasteiger partial charge is 0.101 e. The number of halogens is 1. The largest absolute Gasteiger partial charge is 0.370 e. The monoisotopic (exact) mass is 268 g/mol. The quantitative estimate of drug-likeness (QED) is 0.813. The molecule has 4 heteroatoms. The molecule has 0 heterocycles. The van der Waals surface area contributed by atoms with Crippen LogP contribution in [-0.2, 0) is 0 Å². The number of nitriles is 1. The summed E-state index contributed by atoms with van der Waals surface area (Å²) in [7, 11) is 2.02. The zero-order chi connectivity index (χ0) is 12.8.